The molecule has 5 nitrogen and oxygen atoms in total. The van der Waals surface area contributed by atoms with Crippen LogP contribution in [0.5, 0.6) is 0 Å². The quantitative estimate of drug-likeness (QED) is 0.688. The topological polar surface area (TPSA) is 66.5 Å². The van der Waals surface area contributed by atoms with E-state index in [-0.39, 0.29) is 23.9 Å². The third-order valence-corrected chi connectivity index (χ3v) is 6.02. The first-order valence-electron chi connectivity index (χ1n) is 8.85. The molecule has 0 atom stereocenters. The van der Waals surface area contributed by atoms with Gasteiger partial charge in [0.05, 0.1) is 11.4 Å². The summed E-state index contributed by atoms with van der Waals surface area (Å²) in [6.45, 7) is 4.51. The summed E-state index contributed by atoms with van der Waals surface area (Å²) in [5.41, 5.74) is 0.804. The lowest BCUT2D eigenvalue weighted by molar-refractivity contribution is -0.121. The Morgan fingerprint density at radius 1 is 1.11 bits per heavy atom. The zero-order valence-electron chi connectivity index (χ0n) is 15.6. The number of rotatable bonds is 9. The van der Waals surface area contributed by atoms with E-state index in [9.17, 15) is 13.2 Å². The molecule has 27 heavy (non-hydrogen) atoms. The van der Waals surface area contributed by atoms with Gasteiger partial charge in [0.1, 0.15) is 0 Å². The van der Waals surface area contributed by atoms with Crippen LogP contribution < -0.4 is 5.32 Å². The highest BCUT2D eigenvalue weighted by Crippen LogP contribution is 2.21. The number of nitrogens with one attached hydrogen (secondary N) is 1. The monoisotopic (exact) mass is 408 g/mol. The number of carbonyl (C=O) groups is 1. The highest BCUT2D eigenvalue weighted by Gasteiger charge is 2.27. The second-order valence-corrected chi connectivity index (χ2v) is 9.12. The zero-order chi connectivity index (χ0) is 19.9. The minimum absolute atomic E-state index is 0.0703. The lowest BCUT2D eigenvalue weighted by atomic mass is 10.1. The summed E-state index contributed by atoms with van der Waals surface area (Å²) in [6.07, 6.45) is 0.839. The molecule has 146 valence electrons. The molecule has 0 bridgehead atoms. The molecule has 0 heterocycles. The van der Waals surface area contributed by atoms with E-state index in [0.717, 1.165) is 12.0 Å². The first-order chi connectivity index (χ1) is 12.8. The fourth-order valence-electron chi connectivity index (χ4n) is 2.51. The number of hydrogen-bond donors (Lipinski definition) is 1. The van der Waals surface area contributed by atoms with E-state index in [1.807, 2.05) is 30.3 Å². The third kappa shape index (κ3) is 6.65. The summed E-state index contributed by atoms with van der Waals surface area (Å²) >= 11 is 5.96. The Balaban J connectivity index is 2.22. The maximum atomic E-state index is 13.1. The van der Waals surface area contributed by atoms with Crippen molar-refractivity contribution in [2.24, 2.45) is 5.92 Å². The number of nitrogens with zero attached hydrogens (tertiary/aromatic N) is 1. The Morgan fingerprint density at radius 3 is 2.44 bits per heavy atom. The van der Waals surface area contributed by atoms with Gasteiger partial charge in [-0.2, -0.15) is 4.31 Å². The Labute approximate surface area is 166 Å². The van der Waals surface area contributed by atoms with Crippen molar-refractivity contribution < 1.29 is 13.2 Å². The number of benzene rings is 2. The molecule has 2 rings (SSSR count). The Morgan fingerprint density at radius 2 is 1.81 bits per heavy atom. The van der Waals surface area contributed by atoms with Gasteiger partial charge in [-0.3, -0.25) is 4.79 Å². The molecule has 0 saturated carbocycles. The second-order valence-electron chi connectivity index (χ2n) is 6.75. The van der Waals surface area contributed by atoms with Crippen molar-refractivity contribution in [3.63, 3.8) is 0 Å². The van der Waals surface area contributed by atoms with Crippen LogP contribution in [0.25, 0.3) is 0 Å². The third-order valence-electron chi connectivity index (χ3n) is 4.00. The Kier molecular flexibility index (Phi) is 7.83. The van der Waals surface area contributed by atoms with Crippen molar-refractivity contribution in [3.05, 3.63) is 65.2 Å². The molecule has 2 aromatic carbocycles. The van der Waals surface area contributed by atoms with E-state index in [0.29, 0.717) is 17.5 Å². The van der Waals surface area contributed by atoms with E-state index in [1.165, 1.54) is 16.4 Å². The summed E-state index contributed by atoms with van der Waals surface area (Å²) in [7, 11) is -3.87. The minimum atomic E-state index is -3.87. The first kappa shape index (κ1) is 21.4. The van der Waals surface area contributed by atoms with Gasteiger partial charge in [0.2, 0.25) is 15.9 Å². The fourth-order valence-corrected chi connectivity index (χ4v) is 4.19. The van der Waals surface area contributed by atoms with Gasteiger partial charge >= 0.3 is 0 Å². The predicted octanol–water partition coefficient (Wildman–Crippen LogP) is 3.69. The van der Waals surface area contributed by atoms with E-state index < -0.39 is 10.0 Å². The smallest absolute Gasteiger partial charge is 0.243 e. The van der Waals surface area contributed by atoms with Crippen LogP contribution in [0.4, 0.5) is 0 Å². The number of sulfonamides is 1. The SMILES string of the molecule is CC(C)CCNC(=O)CN(Cc1ccccc1)S(=O)(=O)c1cccc(Cl)c1. The van der Waals surface area contributed by atoms with Crippen LogP contribution in [0.2, 0.25) is 5.02 Å². The second kappa shape index (κ2) is 9.88. The number of carbonyl (C=O) groups excluding carboxylic acids is 1. The summed E-state index contributed by atoms with van der Waals surface area (Å²) in [5, 5.41) is 3.12. The van der Waals surface area contributed by atoms with Crippen molar-refractivity contribution in [2.45, 2.75) is 31.7 Å². The van der Waals surface area contributed by atoms with Crippen LogP contribution in [0.15, 0.2) is 59.5 Å². The van der Waals surface area contributed by atoms with E-state index >= 15 is 0 Å². The summed E-state index contributed by atoms with van der Waals surface area (Å²) in [5.74, 6) is 0.137. The Hall–Kier alpha value is -1.89. The van der Waals surface area contributed by atoms with Crippen molar-refractivity contribution in [1.29, 1.82) is 0 Å². The standard InChI is InChI=1S/C20H25ClN2O3S/c1-16(2)11-12-22-20(24)15-23(14-17-7-4-3-5-8-17)27(25,26)19-10-6-9-18(21)13-19/h3-10,13,16H,11-12,14-15H2,1-2H3,(H,22,24). The molecule has 0 spiro atoms. The van der Waals surface area contributed by atoms with Gasteiger partial charge in [-0.05, 0) is 36.1 Å². The highest BCUT2D eigenvalue weighted by molar-refractivity contribution is 7.89. The van der Waals surface area contributed by atoms with E-state index in [2.05, 4.69) is 19.2 Å². The van der Waals surface area contributed by atoms with E-state index in [1.54, 1.807) is 12.1 Å². The van der Waals surface area contributed by atoms with Crippen molar-refractivity contribution in [1.82, 2.24) is 9.62 Å². The molecular formula is C20H25ClN2O3S. The predicted molar refractivity (Wildman–Crippen MR) is 108 cm³/mol. The lowest BCUT2D eigenvalue weighted by Crippen LogP contribution is -2.40. The first-order valence-corrected chi connectivity index (χ1v) is 10.7. The van der Waals surface area contributed by atoms with Crippen molar-refractivity contribution in [2.75, 3.05) is 13.1 Å². The van der Waals surface area contributed by atoms with Crippen LogP contribution in [-0.4, -0.2) is 31.7 Å². The van der Waals surface area contributed by atoms with Gasteiger partial charge in [-0.25, -0.2) is 8.42 Å². The summed E-state index contributed by atoms with van der Waals surface area (Å²) in [6, 6.07) is 15.3. The molecule has 0 aliphatic heterocycles. The molecule has 0 radical (unpaired) electrons. The van der Waals surface area contributed by atoms with Crippen LogP contribution in [0, 0.1) is 5.92 Å². The molecule has 0 unspecified atom stereocenters. The Bertz CT molecular complexity index is 855. The highest BCUT2D eigenvalue weighted by atomic mass is 35.5. The van der Waals surface area contributed by atoms with Crippen LogP contribution >= 0.6 is 11.6 Å². The molecule has 0 aliphatic carbocycles. The minimum Gasteiger partial charge on any atom is -0.355 e. The van der Waals surface area contributed by atoms with Crippen LogP contribution in [-0.2, 0) is 21.4 Å². The summed E-state index contributed by atoms with van der Waals surface area (Å²) in [4.78, 5) is 12.4. The van der Waals surface area contributed by atoms with Gasteiger partial charge in [-0.1, -0.05) is 61.8 Å². The summed E-state index contributed by atoms with van der Waals surface area (Å²) < 4.78 is 27.4. The molecule has 1 N–H and O–H groups in total. The molecule has 0 aromatic heterocycles. The normalized spacial score (nSPS) is 11.7. The molecule has 2 aromatic rings. The van der Waals surface area contributed by atoms with Crippen molar-refractivity contribution in [3.8, 4) is 0 Å². The maximum absolute atomic E-state index is 13.1. The van der Waals surface area contributed by atoms with Crippen LogP contribution in [0.1, 0.15) is 25.8 Å². The number of hydrogen-bond acceptors (Lipinski definition) is 3. The molecule has 0 saturated heterocycles. The fraction of sp³-hybridized carbons (Fsp3) is 0.350. The van der Waals surface area contributed by atoms with Gasteiger partial charge < -0.3 is 5.32 Å². The number of amides is 1. The number of halogens is 1. The van der Waals surface area contributed by atoms with Gasteiger partial charge in [0.25, 0.3) is 0 Å². The van der Waals surface area contributed by atoms with E-state index in [4.69, 9.17) is 11.6 Å². The van der Waals surface area contributed by atoms with Crippen LogP contribution in [0.3, 0.4) is 0 Å². The maximum Gasteiger partial charge on any atom is 0.243 e. The molecular weight excluding hydrogens is 384 g/mol. The average Bonchev–Trinajstić information content (AvgIpc) is 2.61. The molecule has 1 amide bonds. The van der Waals surface area contributed by atoms with Gasteiger partial charge in [-0.15, -0.1) is 0 Å². The average molecular weight is 409 g/mol. The molecule has 0 fully saturated rings. The zero-order valence-corrected chi connectivity index (χ0v) is 17.1. The lowest BCUT2D eigenvalue weighted by Gasteiger charge is -2.22. The van der Waals surface area contributed by atoms with Gasteiger partial charge in [0, 0.05) is 18.1 Å². The molecule has 0 aliphatic rings. The van der Waals surface area contributed by atoms with Gasteiger partial charge in [0.15, 0.2) is 0 Å². The largest absolute Gasteiger partial charge is 0.355 e. The molecule has 7 heteroatoms. The van der Waals surface area contributed by atoms with Crippen molar-refractivity contribution >= 4 is 27.5 Å².